The Labute approximate surface area is 134 Å². The fourth-order valence-electron chi connectivity index (χ4n) is 2.75. The molecule has 0 amide bonds. The minimum absolute atomic E-state index is 0.557. The summed E-state index contributed by atoms with van der Waals surface area (Å²) in [6, 6.07) is 0. The molecule has 0 bridgehead atoms. The van der Waals surface area contributed by atoms with E-state index in [-0.39, 0.29) is 0 Å². The van der Waals surface area contributed by atoms with Gasteiger partial charge in [-0.05, 0) is 51.5 Å². The number of halogens is 1. The summed E-state index contributed by atoms with van der Waals surface area (Å²) in [7, 11) is 0. The quantitative estimate of drug-likeness (QED) is 0.616. The van der Waals surface area contributed by atoms with Crippen molar-refractivity contribution in [2.75, 3.05) is 11.9 Å². The van der Waals surface area contributed by atoms with Gasteiger partial charge in [-0.2, -0.15) is 0 Å². The Balaban J connectivity index is 1.71. The summed E-state index contributed by atoms with van der Waals surface area (Å²) in [5, 5.41) is 4.87. The van der Waals surface area contributed by atoms with Crippen molar-refractivity contribution in [2.24, 2.45) is 0 Å². The zero-order chi connectivity index (χ0) is 14.8. The molecule has 0 spiro atoms. The van der Waals surface area contributed by atoms with Gasteiger partial charge in [-0.3, -0.25) is 0 Å². The number of hydrogen-bond acceptors (Lipinski definition) is 4. The van der Waals surface area contributed by atoms with Crippen molar-refractivity contribution in [3.8, 4) is 0 Å². The topological polar surface area (TPSA) is 37.8 Å². The number of nitrogens with zero attached hydrogens (tertiary/aromatic N) is 2. The highest BCUT2D eigenvalue weighted by molar-refractivity contribution is 7.18. The summed E-state index contributed by atoms with van der Waals surface area (Å²) in [6.07, 6.45) is 8.59. The number of rotatable bonds is 4. The van der Waals surface area contributed by atoms with E-state index < -0.39 is 0 Å². The first-order valence-corrected chi connectivity index (χ1v) is 8.69. The third kappa shape index (κ3) is 3.22. The lowest BCUT2D eigenvalue weighted by Crippen LogP contribution is -2.07. The Kier molecular flexibility index (Phi) is 4.45. The zero-order valence-corrected chi connectivity index (χ0v) is 14.1. The van der Waals surface area contributed by atoms with E-state index in [1.165, 1.54) is 36.1 Å². The second-order valence-electron chi connectivity index (χ2n) is 5.59. The van der Waals surface area contributed by atoms with Crippen LogP contribution in [0.4, 0.5) is 5.95 Å². The lowest BCUT2D eigenvalue weighted by atomic mass is 9.97. The predicted octanol–water partition coefficient (Wildman–Crippen LogP) is 5.26. The largest absolute Gasteiger partial charge is 0.354 e. The molecule has 2 aromatic rings. The van der Waals surface area contributed by atoms with E-state index in [2.05, 4.69) is 35.2 Å². The summed E-state index contributed by atoms with van der Waals surface area (Å²) in [4.78, 5) is 11.2. The number of nitrogens with one attached hydrogen (secondary N) is 1. The molecule has 21 heavy (non-hydrogen) atoms. The number of allylic oxidation sites excluding steroid dienone is 1. The highest BCUT2D eigenvalue weighted by atomic mass is 35.5. The third-order valence-corrected chi connectivity index (χ3v) is 5.47. The first-order chi connectivity index (χ1) is 10.1. The first kappa shape index (κ1) is 14.8. The third-order valence-electron chi connectivity index (χ3n) is 4.10. The molecule has 0 atom stereocenters. The van der Waals surface area contributed by atoms with Gasteiger partial charge in [-0.1, -0.05) is 23.3 Å². The minimum atomic E-state index is 0.557. The highest BCUT2D eigenvalue weighted by Crippen LogP contribution is 2.33. The predicted molar refractivity (Wildman–Crippen MR) is 91.6 cm³/mol. The molecule has 2 aromatic heterocycles. The van der Waals surface area contributed by atoms with Crippen LogP contribution in [0.15, 0.2) is 11.6 Å². The first-order valence-electron chi connectivity index (χ1n) is 7.50. The van der Waals surface area contributed by atoms with Crippen molar-refractivity contribution in [3.05, 3.63) is 27.2 Å². The standard InChI is InChI=1S/C16H20ClN3S/c1-10-11(2)21-15-13(10)14(17)19-16(20-15)18-9-8-12-6-4-3-5-7-12/h6H,3-5,7-9H2,1-2H3,(H,18,19,20). The zero-order valence-electron chi connectivity index (χ0n) is 12.5. The van der Waals surface area contributed by atoms with Crippen LogP contribution in [0.3, 0.4) is 0 Å². The van der Waals surface area contributed by atoms with Crippen LogP contribution >= 0.6 is 22.9 Å². The number of aryl methyl sites for hydroxylation is 2. The Morgan fingerprint density at radius 3 is 2.90 bits per heavy atom. The number of anilines is 1. The molecule has 0 saturated carbocycles. The van der Waals surface area contributed by atoms with Crippen molar-refractivity contribution >= 4 is 39.1 Å². The smallest absolute Gasteiger partial charge is 0.225 e. The summed E-state index contributed by atoms with van der Waals surface area (Å²) in [5.74, 6) is 0.644. The number of hydrogen-bond donors (Lipinski definition) is 1. The lowest BCUT2D eigenvalue weighted by Gasteiger charge is -2.13. The molecule has 3 rings (SSSR count). The summed E-state index contributed by atoms with van der Waals surface area (Å²) in [6.45, 7) is 5.05. The van der Waals surface area contributed by atoms with Gasteiger partial charge in [0.25, 0.3) is 0 Å². The van der Waals surface area contributed by atoms with Crippen molar-refractivity contribution in [1.82, 2.24) is 9.97 Å². The van der Waals surface area contributed by atoms with Crippen LogP contribution in [0.2, 0.25) is 5.15 Å². The summed E-state index contributed by atoms with van der Waals surface area (Å²) < 4.78 is 0. The van der Waals surface area contributed by atoms with Gasteiger partial charge in [0.05, 0.1) is 5.39 Å². The van der Waals surface area contributed by atoms with Crippen molar-refractivity contribution in [3.63, 3.8) is 0 Å². The van der Waals surface area contributed by atoms with Gasteiger partial charge in [-0.15, -0.1) is 11.3 Å². The molecule has 0 fully saturated rings. The Morgan fingerprint density at radius 1 is 1.29 bits per heavy atom. The average molecular weight is 322 g/mol. The second kappa shape index (κ2) is 6.32. The van der Waals surface area contributed by atoms with Crippen molar-refractivity contribution < 1.29 is 0 Å². The van der Waals surface area contributed by atoms with Crippen LogP contribution in [-0.2, 0) is 0 Å². The maximum absolute atomic E-state index is 6.31. The summed E-state index contributed by atoms with van der Waals surface area (Å²) in [5.41, 5.74) is 2.75. The SMILES string of the molecule is Cc1sc2nc(NCCC3=CCCCC3)nc(Cl)c2c1C. The monoisotopic (exact) mass is 321 g/mol. The van der Waals surface area contributed by atoms with E-state index in [1.807, 2.05) is 0 Å². The van der Waals surface area contributed by atoms with Gasteiger partial charge in [-0.25, -0.2) is 9.97 Å². The van der Waals surface area contributed by atoms with E-state index in [9.17, 15) is 0 Å². The summed E-state index contributed by atoms with van der Waals surface area (Å²) >= 11 is 7.99. The van der Waals surface area contributed by atoms with E-state index in [0.29, 0.717) is 11.1 Å². The molecule has 112 valence electrons. The molecule has 1 aliphatic rings. The fourth-order valence-corrected chi connectivity index (χ4v) is 4.14. The molecule has 1 aliphatic carbocycles. The van der Waals surface area contributed by atoms with Crippen molar-refractivity contribution in [1.29, 1.82) is 0 Å². The number of fused-ring (bicyclic) bond motifs is 1. The molecule has 2 heterocycles. The normalized spacial score (nSPS) is 15.3. The fraction of sp³-hybridized carbons (Fsp3) is 0.500. The molecule has 0 radical (unpaired) electrons. The second-order valence-corrected chi connectivity index (χ2v) is 7.15. The van der Waals surface area contributed by atoms with Crippen LogP contribution in [0.25, 0.3) is 10.2 Å². The number of thiophene rings is 1. The van der Waals surface area contributed by atoms with E-state index in [0.717, 1.165) is 23.2 Å². The molecule has 5 heteroatoms. The van der Waals surface area contributed by atoms with Crippen LogP contribution in [0.5, 0.6) is 0 Å². The molecule has 3 nitrogen and oxygen atoms in total. The van der Waals surface area contributed by atoms with E-state index >= 15 is 0 Å². The molecule has 1 N–H and O–H groups in total. The average Bonchev–Trinajstić information content (AvgIpc) is 2.75. The van der Waals surface area contributed by atoms with Crippen LogP contribution < -0.4 is 5.32 Å². The van der Waals surface area contributed by atoms with Gasteiger partial charge < -0.3 is 5.32 Å². The van der Waals surface area contributed by atoms with Gasteiger partial charge in [0.1, 0.15) is 9.98 Å². The van der Waals surface area contributed by atoms with E-state index in [4.69, 9.17) is 11.6 Å². The van der Waals surface area contributed by atoms with Gasteiger partial charge >= 0.3 is 0 Å². The van der Waals surface area contributed by atoms with Crippen LogP contribution in [0.1, 0.15) is 42.5 Å². The number of aromatic nitrogens is 2. The maximum Gasteiger partial charge on any atom is 0.225 e. The molecule has 0 saturated heterocycles. The minimum Gasteiger partial charge on any atom is -0.354 e. The molecular formula is C16H20ClN3S. The van der Waals surface area contributed by atoms with Gasteiger partial charge in [0.15, 0.2) is 0 Å². The Morgan fingerprint density at radius 2 is 2.14 bits per heavy atom. The molecule has 0 aromatic carbocycles. The molecule has 0 aliphatic heterocycles. The Hall–Kier alpha value is -1.13. The molecular weight excluding hydrogens is 302 g/mol. The van der Waals surface area contributed by atoms with Crippen LogP contribution in [0, 0.1) is 13.8 Å². The van der Waals surface area contributed by atoms with Gasteiger partial charge in [0, 0.05) is 11.4 Å². The van der Waals surface area contributed by atoms with Gasteiger partial charge in [0.2, 0.25) is 5.95 Å². The highest BCUT2D eigenvalue weighted by Gasteiger charge is 2.13. The maximum atomic E-state index is 6.31. The van der Waals surface area contributed by atoms with Crippen molar-refractivity contribution in [2.45, 2.75) is 46.0 Å². The van der Waals surface area contributed by atoms with E-state index in [1.54, 1.807) is 16.9 Å². The lowest BCUT2D eigenvalue weighted by molar-refractivity contribution is 0.679. The van der Waals surface area contributed by atoms with Crippen LogP contribution in [-0.4, -0.2) is 16.5 Å². The Bertz CT molecular complexity index is 690. The molecule has 0 unspecified atom stereocenters.